The SMILES string of the molecule is NC(N)=N/N=C\c1[nH]c2ccccc2c1Nc1ccc([N+](=O)[O-])cc1. The Morgan fingerprint density at radius 3 is 2.56 bits per heavy atom. The van der Waals surface area contributed by atoms with E-state index in [2.05, 4.69) is 20.5 Å². The van der Waals surface area contributed by atoms with Gasteiger partial charge >= 0.3 is 0 Å². The number of H-pyrrole nitrogens is 1. The minimum atomic E-state index is -0.442. The molecule has 126 valence electrons. The zero-order valence-corrected chi connectivity index (χ0v) is 13.0. The van der Waals surface area contributed by atoms with Crippen molar-refractivity contribution in [3.05, 3.63) is 64.3 Å². The van der Waals surface area contributed by atoms with E-state index in [1.807, 2.05) is 24.3 Å². The third-order valence-corrected chi connectivity index (χ3v) is 3.44. The summed E-state index contributed by atoms with van der Waals surface area (Å²) in [4.78, 5) is 13.5. The van der Waals surface area contributed by atoms with Gasteiger partial charge in [-0.2, -0.15) is 5.10 Å². The predicted molar refractivity (Wildman–Crippen MR) is 98.1 cm³/mol. The maximum absolute atomic E-state index is 10.8. The molecular formula is C16H15N7O2. The van der Waals surface area contributed by atoms with Gasteiger partial charge in [0.25, 0.3) is 5.69 Å². The Kier molecular flexibility index (Phi) is 4.29. The zero-order chi connectivity index (χ0) is 17.8. The largest absolute Gasteiger partial charge is 0.369 e. The van der Waals surface area contributed by atoms with Crippen LogP contribution in [-0.4, -0.2) is 22.1 Å². The summed E-state index contributed by atoms with van der Waals surface area (Å²) in [6.07, 6.45) is 1.49. The van der Waals surface area contributed by atoms with Crippen LogP contribution in [0.15, 0.2) is 58.7 Å². The summed E-state index contributed by atoms with van der Waals surface area (Å²) in [7, 11) is 0. The molecule has 1 aromatic heterocycles. The fourth-order valence-corrected chi connectivity index (χ4v) is 2.36. The van der Waals surface area contributed by atoms with E-state index < -0.39 is 4.92 Å². The number of aromatic amines is 1. The lowest BCUT2D eigenvalue weighted by atomic mass is 10.2. The second-order valence-electron chi connectivity index (χ2n) is 5.16. The number of benzene rings is 2. The van der Waals surface area contributed by atoms with Crippen LogP contribution in [-0.2, 0) is 0 Å². The van der Waals surface area contributed by atoms with Crippen molar-refractivity contribution < 1.29 is 4.92 Å². The van der Waals surface area contributed by atoms with Crippen LogP contribution in [0.5, 0.6) is 0 Å². The second-order valence-corrected chi connectivity index (χ2v) is 5.16. The molecule has 6 N–H and O–H groups in total. The molecule has 0 unspecified atom stereocenters. The lowest BCUT2D eigenvalue weighted by Gasteiger charge is -2.06. The fourth-order valence-electron chi connectivity index (χ4n) is 2.36. The minimum Gasteiger partial charge on any atom is -0.369 e. The van der Waals surface area contributed by atoms with E-state index in [9.17, 15) is 10.1 Å². The van der Waals surface area contributed by atoms with E-state index >= 15 is 0 Å². The van der Waals surface area contributed by atoms with E-state index in [4.69, 9.17) is 11.5 Å². The lowest BCUT2D eigenvalue weighted by molar-refractivity contribution is -0.384. The molecule has 25 heavy (non-hydrogen) atoms. The van der Waals surface area contributed by atoms with Crippen LogP contribution in [0.1, 0.15) is 5.69 Å². The number of fused-ring (bicyclic) bond motifs is 1. The molecule has 3 aromatic rings. The normalized spacial score (nSPS) is 10.9. The second kappa shape index (κ2) is 6.71. The number of nitrogens with two attached hydrogens (primary N) is 2. The number of anilines is 2. The molecule has 0 radical (unpaired) electrons. The average molecular weight is 337 g/mol. The van der Waals surface area contributed by atoms with E-state index in [1.54, 1.807) is 12.1 Å². The van der Waals surface area contributed by atoms with Crippen molar-refractivity contribution in [2.75, 3.05) is 5.32 Å². The van der Waals surface area contributed by atoms with Crippen molar-refractivity contribution in [3.63, 3.8) is 0 Å². The molecule has 9 heteroatoms. The number of hydrogen-bond acceptors (Lipinski definition) is 5. The summed E-state index contributed by atoms with van der Waals surface area (Å²) < 4.78 is 0. The molecular weight excluding hydrogens is 322 g/mol. The molecule has 0 aliphatic carbocycles. The molecule has 0 aliphatic heterocycles. The Labute approximate surface area is 142 Å². The molecule has 1 heterocycles. The van der Waals surface area contributed by atoms with Crippen LogP contribution in [0.2, 0.25) is 0 Å². The van der Waals surface area contributed by atoms with Crippen LogP contribution in [0, 0.1) is 10.1 Å². The summed E-state index contributed by atoms with van der Waals surface area (Å²) in [5, 5.41) is 22.4. The van der Waals surface area contributed by atoms with Gasteiger partial charge in [-0.15, -0.1) is 5.10 Å². The standard InChI is InChI=1S/C16H15N7O2/c17-16(18)22-19-9-14-15(12-3-1-2-4-13(12)21-14)20-10-5-7-11(8-6-10)23(24)25/h1-9,20-21H,(H4,17,18,22)/b19-9-. The Balaban J connectivity index is 1.99. The van der Waals surface area contributed by atoms with Crippen molar-refractivity contribution in [2.45, 2.75) is 0 Å². The number of rotatable bonds is 5. The number of nitrogens with zero attached hydrogens (tertiary/aromatic N) is 3. The molecule has 0 fully saturated rings. The van der Waals surface area contributed by atoms with Gasteiger partial charge in [0, 0.05) is 28.7 Å². The van der Waals surface area contributed by atoms with Gasteiger partial charge in [-0.3, -0.25) is 10.1 Å². The molecule has 0 atom stereocenters. The molecule has 0 spiro atoms. The molecule has 0 amide bonds. The zero-order valence-electron chi connectivity index (χ0n) is 13.0. The summed E-state index contributed by atoms with van der Waals surface area (Å²) in [6, 6.07) is 13.8. The molecule has 9 nitrogen and oxygen atoms in total. The van der Waals surface area contributed by atoms with Crippen LogP contribution < -0.4 is 16.8 Å². The monoisotopic (exact) mass is 337 g/mol. The molecule has 0 saturated carbocycles. The van der Waals surface area contributed by atoms with Gasteiger partial charge in [0.05, 0.1) is 22.5 Å². The average Bonchev–Trinajstić information content (AvgIpc) is 2.93. The number of para-hydroxylation sites is 1. The van der Waals surface area contributed by atoms with Gasteiger partial charge in [0.2, 0.25) is 5.96 Å². The highest BCUT2D eigenvalue weighted by molar-refractivity contribution is 6.04. The summed E-state index contributed by atoms with van der Waals surface area (Å²) in [6.45, 7) is 0. The van der Waals surface area contributed by atoms with Crippen molar-refractivity contribution >= 4 is 40.1 Å². The first kappa shape index (κ1) is 16.0. The number of non-ortho nitro benzene ring substituents is 1. The van der Waals surface area contributed by atoms with Crippen molar-refractivity contribution in [1.82, 2.24) is 4.98 Å². The smallest absolute Gasteiger partial charge is 0.269 e. The highest BCUT2D eigenvalue weighted by atomic mass is 16.6. The third kappa shape index (κ3) is 3.55. The van der Waals surface area contributed by atoms with Crippen molar-refractivity contribution in [3.8, 4) is 0 Å². The number of nitro benzene ring substituents is 1. The Morgan fingerprint density at radius 2 is 1.88 bits per heavy atom. The number of aromatic nitrogens is 1. The van der Waals surface area contributed by atoms with Crippen LogP contribution in [0.4, 0.5) is 17.1 Å². The summed E-state index contributed by atoms with van der Waals surface area (Å²) >= 11 is 0. The van der Waals surface area contributed by atoms with Crippen LogP contribution in [0.25, 0.3) is 10.9 Å². The van der Waals surface area contributed by atoms with E-state index in [1.165, 1.54) is 18.3 Å². The number of nitro groups is 1. The molecule has 3 rings (SSSR count). The molecule has 0 bridgehead atoms. The van der Waals surface area contributed by atoms with E-state index in [-0.39, 0.29) is 11.6 Å². The first-order valence-corrected chi connectivity index (χ1v) is 7.29. The van der Waals surface area contributed by atoms with Gasteiger partial charge in [0.15, 0.2) is 0 Å². The van der Waals surface area contributed by atoms with E-state index in [0.29, 0.717) is 11.4 Å². The minimum absolute atomic E-state index is 0.0269. The first-order chi connectivity index (χ1) is 12.0. The Hall–Kier alpha value is -3.88. The molecule has 0 aliphatic rings. The maximum atomic E-state index is 10.8. The summed E-state index contributed by atoms with van der Waals surface area (Å²) in [5.41, 5.74) is 13.6. The number of hydrogen-bond donors (Lipinski definition) is 4. The summed E-state index contributed by atoms with van der Waals surface area (Å²) in [5.74, 6) is -0.141. The number of nitrogens with one attached hydrogen (secondary N) is 2. The lowest BCUT2D eigenvalue weighted by Crippen LogP contribution is -2.21. The highest BCUT2D eigenvalue weighted by Gasteiger charge is 2.11. The van der Waals surface area contributed by atoms with Crippen LogP contribution in [0.3, 0.4) is 0 Å². The van der Waals surface area contributed by atoms with Crippen molar-refractivity contribution in [2.24, 2.45) is 21.7 Å². The fraction of sp³-hybridized carbons (Fsp3) is 0. The predicted octanol–water partition coefficient (Wildman–Crippen LogP) is 2.43. The first-order valence-electron chi connectivity index (χ1n) is 7.29. The highest BCUT2D eigenvalue weighted by Crippen LogP contribution is 2.30. The van der Waals surface area contributed by atoms with E-state index in [0.717, 1.165) is 16.6 Å². The van der Waals surface area contributed by atoms with Crippen molar-refractivity contribution in [1.29, 1.82) is 0 Å². The molecule has 2 aromatic carbocycles. The van der Waals surface area contributed by atoms with Gasteiger partial charge < -0.3 is 21.8 Å². The van der Waals surface area contributed by atoms with Crippen LogP contribution >= 0.6 is 0 Å². The molecule has 0 saturated heterocycles. The van der Waals surface area contributed by atoms with Gasteiger partial charge in [-0.25, -0.2) is 0 Å². The third-order valence-electron chi connectivity index (χ3n) is 3.44. The van der Waals surface area contributed by atoms with Gasteiger partial charge in [-0.05, 0) is 18.2 Å². The topological polar surface area (TPSA) is 148 Å². The Bertz CT molecular complexity index is 970. The Morgan fingerprint density at radius 1 is 1.16 bits per heavy atom. The number of guanidine groups is 1. The van der Waals surface area contributed by atoms with Gasteiger partial charge in [-0.1, -0.05) is 18.2 Å². The quantitative estimate of drug-likeness (QED) is 0.244. The maximum Gasteiger partial charge on any atom is 0.269 e. The van der Waals surface area contributed by atoms with Gasteiger partial charge in [0.1, 0.15) is 0 Å².